The van der Waals surface area contributed by atoms with Crippen molar-refractivity contribution in [3.05, 3.63) is 0 Å². The van der Waals surface area contributed by atoms with Crippen molar-refractivity contribution in [1.29, 1.82) is 0 Å². The van der Waals surface area contributed by atoms with Gasteiger partial charge in [0, 0.05) is 12.2 Å². The summed E-state index contributed by atoms with van der Waals surface area (Å²) in [6.07, 6.45) is 0.00866. The van der Waals surface area contributed by atoms with Crippen molar-refractivity contribution in [2.75, 3.05) is 5.75 Å². The molecule has 0 spiro atoms. The molecule has 0 rings (SSSR count). The molecule has 0 aromatic heterocycles. The second-order valence-corrected chi connectivity index (χ2v) is 3.01. The third-order valence-corrected chi connectivity index (χ3v) is 1.84. The van der Waals surface area contributed by atoms with Crippen LogP contribution in [0.3, 0.4) is 0 Å². The third kappa shape index (κ3) is 3.67. The number of hydrogen-bond donors (Lipinski definition) is 1. The van der Waals surface area contributed by atoms with Gasteiger partial charge in [0.05, 0.1) is 5.92 Å². The van der Waals surface area contributed by atoms with Crippen LogP contribution in [0.15, 0.2) is 0 Å². The SMILES string of the molecule is CC(=O)CC(C(C)=O)C(=O)CS. The number of hydrogen-bond acceptors (Lipinski definition) is 4. The van der Waals surface area contributed by atoms with Gasteiger partial charge < -0.3 is 0 Å². The van der Waals surface area contributed by atoms with Gasteiger partial charge >= 0.3 is 0 Å². The number of ketones is 3. The molecule has 0 bridgehead atoms. The quantitative estimate of drug-likeness (QED) is 0.509. The summed E-state index contributed by atoms with van der Waals surface area (Å²) in [6, 6.07) is 0. The van der Waals surface area contributed by atoms with Crippen LogP contribution < -0.4 is 0 Å². The highest BCUT2D eigenvalue weighted by molar-refractivity contribution is 7.81. The number of carbonyl (C=O) groups is 3. The molecule has 0 N–H and O–H groups in total. The Kier molecular flexibility index (Phi) is 4.81. The van der Waals surface area contributed by atoms with E-state index in [1.807, 2.05) is 0 Å². The van der Waals surface area contributed by atoms with Gasteiger partial charge in [-0.15, -0.1) is 0 Å². The molecule has 0 aliphatic rings. The minimum absolute atomic E-state index is 0.00866. The molecule has 0 amide bonds. The first-order valence-corrected chi connectivity index (χ1v) is 4.25. The number of thiol groups is 1. The molecule has 3 nitrogen and oxygen atoms in total. The van der Waals surface area contributed by atoms with Crippen LogP contribution in [0.4, 0.5) is 0 Å². The van der Waals surface area contributed by atoms with Crippen LogP contribution in [0.5, 0.6) is 0 Å². The van der Waals surface area contributed by atoms with Crippen LogP contribution in [0.25, 0.3) is 0 Å². The van der Waals surface area contributed by atoms with E-state index in [4.69, 9.17) is 0 Å². The Balaban J connectivity index is 4.33. The monoisotopic (exact) mass is 188 g/mol. The van der Waals surface area contributed by atoms with Crippen molar-refractivity contribution in [3.63, 3.8) is 0 Å². The van der Waals surface area contributed by atoms with Gasteiger partial charge in [-0.3, -0.25) is 14.4 Å². The van der Waals surface area contributed by atoms with Crippen LogP contribution in [0, 0.1) is 5.92 Å². The van der Waals surface area contributed by atoms with Crippen molar-refractivity contribution >= 4 is 30.0 Å². The first kappa shape index (κ1) is 11.4. The van der Waals surface area contributed by atoms with Gasteiger partial charge in [-0.2, -0.15) is 12.6 Å². The fourth-order valence-corrected chi connectivity index (χ4v) is 1.10. The van der Waals surface area contributed by atoms with Crippen molar-refractivity contribution in [2.45, 2.75) is 20.3 Å². The van der Waals surface area contributed by atoms with E-state index in [2.05, 4.69) is 12.6 Å². The highest BCUT2D eigenvalue weighted by Crippen LogP contribution is 2.07. The zero-order valence-corrected chi connectivity index (χ0v) is 8.06. The van der Waals surface area contributed by atoms with E-state index in [0.29, 0.717) is 0 Å². The maximum absolute atomic E-state index is 11.0. The van der Waals surface area contributed by atoms with Crippen LogP contribution in [0.2, 0.25) is 0 Å². The first-order chi connectivity index (χ1) is 5.49. The molecule has 0 aromatic rings. The molecule has 0 saturated heterocycles. The fraction of sp³-hybridized carbons (Fsp3) is 0.625. The smallest absolute Gasteiger partial charge is 0.153 e. The van der Waals surface area contributed by atoms with Crippen molar-refractivity contribution in [3.8, 4) is 0 Å². The summed E-state index contributed by atoms with van der Waals surface area (Å²) in [5.74, 6) is -1.45. The molecule has 0 aromatic carbocycles. The minimum atomic E-state index is -0.778. The van der Waals surface area contributed by atoms with Gasteiger partial charge in [-0.25, -0.2) is 0 Å². The molecule has 0 radical (unpaired) electrons. The Hall–Kier alpha value is -0.640. The number of carbonyl (C=O) groups excluding carboxylic acids is 3. The topological polar surface area (TPSA) is 51.2 Å². The van der Waals surface area contributed by atoms with Crippen LogP contribution in [0.1, 0.15) is 20.3 Å². The summed E-state index contributed by atoms with van der Waals surface area (Å²) in [5.41, 5.74) is 0. The zero-order valence-electron chi connectivity index (χ0n) is 7.16. The van der Waals surface area contributed by atoms with E-state index in [-0.39, 0.29) is 29.5 Å². The Morgan fingerprint density at radius 2 is 1.75 bits per heavy atom. The lowest BCUT2D eigenvalue weighted by atomic mass is 9.95. The van der Waals surface area contributed by atoms with E-state index < -0.39 is 5.92 Å². The summed E-state index contributed by atoms with van der Waals surface area (Å²) in [7, 11) is 0. The molecule has 1 unspecified atom stereocenters. The zero-order chi connectivity index (χ0) is 9.72. The van der Waals surface area contributed by atoms with E-state index in [9.17, 15) is 14.4 Å². The van der Waals surface area contributed by atoms with E-state index in [0.717, 1.165) is 0 Å². The third-order valence-electron chi connectivity index (χ3n) is 1.53. The number of rotatable bonds is 5. The lowest BCUT2D eigenvalue weighted by molar-refractivity contribution is -0.133. The van der Waals surface area contributed by atoms with Gasteiger partial charge in [-0.1, -0.05) is 0 Å². The second kappa shape index (κ2) is 5.09. The Morgan fingerprint density at radius 1 is 1.25 bits per heavy atom. The lowest BCUT2D eigenvalue weighted by Gasteiger charge is -2.07. The van der Waals surface area contributed by atoms with Gasteiger partial charge in [0.2, 0.25) is 0 Å². The maximum atomic E-state index is 11.0. The Bertz CT molecular complexity index is 210. The first-order valence-electron chi connectivity index (χ1n) is 3.62. The van der Waals surface area contributed by atoms with Crippen molar-refractivity contribution < 1.29 is 14.4 Å². The van der Waals surface area contributed by atoms with Gasteiger partial charge in [-0.05, 0) is 13.8 Å². The summed E-state index contributed by atoms with van der Waals surface area (Å²) in [5, 5.41) is 0. The average molecular weight is 188 g/mol. The molecule has 1 atom stereocenters. The summed E-state index contributed by atoms with van der Waals surface area (Å²) >= 11 is 3.76. The molecule has 0 heterocycles. The lowest BCUT2D eigenvalue weighted by Crippen LogP contribution is -2.25. The molecule has 0 aliphatic heterocycles. The predicted molar refractivity (Wildman–Crippen MR) is 48.3 cm³/mol. The van der Waals surface area contributed by atoms with E-state index in [1.54, 1.807) is 0 Å². The van der Waals surface area contributed by atoms with Gasteiger partial charge in [0.1, 0.15) is 11.6 Å². The normalized spacial score (nSPS) is 12.2. The largest absolute Gasteiger partial charge is 0.300 e. The van der Waals surface area contributed by atoms with Crippen molar-refractivity contribution in [2.24, 2.45) is 5.92 Å². The van der Waals surface area contributed by atoms with Gasteiger partial charge in [0.25, 0.3) is 0 Å². The van der Waals surface area contributed by atoms with Crippen LogP contribution >= 0.6 is 12.6 Å². The molecule has 0 saturated carbocycles. The Morgan fingerprint density at radius 3 is 2.00 bits per heavy atom. The highest BCUT2D eigenvalue weighted by Gasteiger charge is 2.22. The van der Waals surface area contributed by atoms with Crippen LogP contribution in [-0.4, -0.2) is 23.1 Å². The van der Waals surface area contributed by atoms with E-state index in [1.165, 1.54) is 13.8 Å². The van der Waals surface area contributed by atoms with Gasteiger partial charge in [0.15, 0.2) is 5.78 Å². The summed E-state index contributed by atoms with van der Waals surface area (Å²) in [4.78, 5) is 32.6. The second-order valence-electron chi connectivity index (χ2n) is 2.69. The molecule has 0 aliphatic carbocycles. The summed E-state index contributed by atoms with van der Waals surface area (Å²) < 4.78 is 0. The van der Waals surface area contributed by atoms with Crippen LogP contribution in [-0.2, 0) is 14.4 Å². The molecule has 0 fully saturated rings. The number of Topliss-reactive ketones (excluding diaryl/α,β-unsaturated/α-hetero) is 3. The molecular formula is C8H12O3S. The minimum Gasteiger partial charge on any atom is -0.300 e. The average Bonchev–Trinajstić information content (AvgIpc) is 1.98. The fourth-order valence-electron chi connectivity index (χ4n) is 0.882. The highest BCUT2D eigenvalue weighted by atomic mass is 32.1. The van der Waals surface area contributed by atoms with Crippen molar-refractivity contribution in [1.82, 2.24) is 0 Å². The Labute approximate surface area is 76.9 Å². The van der Waals surface area contributed by atoms with E-state index >= 15 is 0 Å². The standard InChI is InChI=1S/C8H12O3S/c1-5(9)3-7(6(2)10)8(11)4-12/h7,12H,3-4H2,1-2H3. The molecular weight excluding hydrogens is 176 g/mol. The summed E-state index contributed by atoms with van der Waals surface area (Å²) in [6.45, 7) is 2.68. The predicted octanol–water partition coefficient (Wildman–Crippen LogP) is 0.670. The molecule has 12 heavy (non-hydrogen) atoms. The molecule has 68 valence electrons. The maximum Gasteiger partial charge on any atom is 0.153 e. The molecule has 4 heteroatoms.